The minimum absolute atomic E-state index is 0. The van der Waals surface area contributed by atoms with Gasteiger partial charge in [0.25, 0.3) is 0 Å². The average Bonchev–Trinajstić information content (AvgIpc) is 3.86. The van der Waals surface area contributed by atoms with E-state index in [1.807, 2.05) is 72.8 Å². The molecule has 8 nitrogen and oxygen atoms in total. The second-order valence-corrected chi connectivity index (χ2v) is 20.6. The molecule has 2 radical (unpaired) electrons. The van der Waals surface area contributed by atoms with Crippen LogP contribution in [-0.4, -0.2) is 23.0 Å². The maximum Gasteiger partial charge on any atom is 0.0408 e. The van der Waals surface area contributed by atoms with Crippen LogP contribution in [0.25, 0.3) is 0 Å². The average molecular weight is 1200 g/mol. The zero-order valence-electron chi connectivity index (χ0n) is 28.4. The summed E-state index contributed by atoms with van der Waals surface area (Å²) in [5.41, 5.74) is 0. The molecule has 0 spiro atoms. The summed E-state index contributed by atoms with van der Waals surface area (Å²) in [6, 6.07) is 41.3. The van der Waals surface area contributed by atoms with Gasteiger partial charge in [-0.25, -0.2) is 37.3 Å². The van der Waals surface area contributed by atoms with Gasteiger partial charge in [0.2, 0.25) is 0 Å². The van der Waals surface area contributed by atoms with Crippen molar-refractivity contribution in [3.8, 4) is 0 Å². The molecule has 0 unspecified atom stereocenters. The van der Waals surface area contributed by atoms with Gasteiger partial charge in [-0.3, -0.25) is 0 Å². The first-order chi connectivity index (χ1) is 23.4. The Labute approximate surface area is 355 Å². The fourth-order valence-electron chi connectivity index (χ4n) is 4.17. The van der Waals surface area contributed by atoms with Gasteiger partial charge in [-0.1, -0.05) is 72.8 Å². The van der Waals surface area contributed by atoms with E-state index < -0.39 is 35.0 Å². The molecule has 0 amide bonds. The number of hydrogen-bond donors (Lipinski definition) is 0. The molecule has 6 rings (SSSR count). The van der Waals surface area contributed by atoms with Crippen molar-refractivity contribution in [1.29, 1.82) is 0 Å². The van der Waals surface area contributed by atoms with Crippen LogP contribution < -0.4 is 58.5 Å². The molecule has 2 heterocycles. The Hall–Kier alpha value is 0.181. The molecule has 16 heteroatoms. The quantitative estimate of drug-likeness (QED) is 0.153. The predicted molar refractivity (Wildman–Crippen MR) is 193 cm³/mol. The Morgan fingerprint density at radius 2 is 0.519 bits per heavy atom. The summed E-state index contributed by atoms with van der Waals surface area (Å²) in [6.45, 7) is 17.2. The predicted octanol–water partition coefficient (Wildman–Crippen LogP) is -0.0138. The van der Waals surface area contributed by atoms with E-state index in [2.05, 4.69) is 98.7 Å². The molecule has 2 aliphatic heterocycles. The first-order valence-corrected chi connectivity index (χ1v) is 24.3. The van der Waals surface area contributed by atoms with Crippen molar-refractivity contribution in [3.63, 3.8) is 0 Å². The Bertz CT molecular complexity index is 1190. The first-order valence-electron chi connectivity index (χ1n) is 15.2. The molecule has 0 aliphatic carbocycles. The van der Waals surface area contributed by atoms with Gasteiger partial charge in [-0.15, -0.1) is 20.5 Å². The van der Waals surface area contributed by atoms with Gasteiger partial charge in [0.05, 0.1) is 0 Å². The van der Waals surface area contributed by atoms with Gasteiger partial charge in [0.1, 0.15) is 0 Å². The number of benzene rings is 4. The Kier molecular flexibility index (Phi) is 30.7. The summed E-state index contributed by atoms with van der Waals surface area (Å²) in [4.78, 5) is 0. The van der Waals surface area contributed by atoms with Crippen molar-refractivity contribution >= 4 is 59.3 Å². The molecule has 0 bridgehead atoms. The van der Waals surface area contributed by atoms with Crippen LogP contribution in [-0.2, 0) is 44.8 Å². The largest absolute Gasteiger partial charge is 0.222 e. The van der Waals surface area contributed by atoms with Crippen LogP contribution in [0, 0.1) is 47.1 Å². The van der Waals surface area contributed by atoms with Gasteiger partial charge in [-0.05, 0) is 97.2 Å². The number of thioether (sulfide) groups is 2. The molecule has 0 N–H and O–H groups in total. The number of hydrogen-bond acceptors (Lipinski definition) is 10. The van der Waals surface area contributed by atoms with Crippen LogP contribution in [0.15, 0.2) is 121 Å². The van der Waals surface area contributed by atoms with Crippen molar-refractivity contribution in [2.75, 3.05) is 23.0 Å². The molecule has 0 aromatic heterocycles. The molecule has 0 atom stereocenters. The topological polar surface area (TPSA) is 184 Å². The molecular weight excluding hydrogens is 1150 g/mol. The molecule has 2 fully saturated rings. The molecule has 0 saturated carbocycles. The zero-order chi connectivity index (χ0) is 37.5. The van der Waals surface area contributed by atoms with E-state index in [4.69, 9.17) is 37.3 Å². The molecule has 4 aromatic carbocycles. The van der Waals surface area contributed by atoms with Crippen molar-refractivity contribution in [2.45, 2.75) is 25.7 Å². The van der Waals surface area contributed by atoms with Crippen LogP contribution in [0.2, 0.25) is 0 Å². The van der Waals surface area contributed by atoms with Crippen LogP contribution >= 0.6 is 38.0 Å². The molecule has 2 saturated heterocycles. The van der Waals surface area contributed by atoms with E-state index >= 15 is 0 Å². The first kappa shape index (κ1) is 54.3. The maximum atomic E-state index is 8.49. The van der Waals surface area contributed by atoms with Crippen molar-refractivity contribution in [1.82, 2.24) is 0 Å². The second kappa shape index (κ2) is 29.4. The SMILES string of the molecule is C1CCSC1.C1CCSC1.[Au].[Au].[CH2-][P+]([CH2-])(c1ccccc1)c1ccccc1.[CH2-][P+]([CH2-])(c1ccccc1)c1ccccc1.[O-][Cl+3]([O-])([O-])[O-].[O-][Cl+3]([O-])([O-])[O-]. The monoisotopic (exact) mass is 1190 g/mol. The normalized spacial score (nSPS) is 13.5. The van der Waals surface area contributed by atoms with Crippen molar-refractivity contribution in [2.24, 2.45) is 0 Å². The van der Waals surface area contributed by atoms with Gasteiger partial charge in [0, 0.05) is 66.0 Å². The zero-order valence-corrected chi connectivity index (χ0v) is 37.6. The minimum Gasteiger partial charge on any atom is -0.222 e. The Morgan fingerprint density at radius 1 is 0.365 bits per heavy atom. The maximum absolute atomic E-state index is 8.49. The van der Waals surface area contributed by atoms with E-state index in [-0.39, 0.29) is 44.8 Å². The van der Waals surface area contributed by atoms with E-state index in [0.717, 1.165) is 0 Å². The van der Waals surface area contributed by atoms with Crippen LogP contribution in [0.5, 0.6) is 0 Å². The summed E-state index contributed by atoms with van der Waals surface area (Å²) in [7, 11) is -13.2. The fraction of sp³-hybridized carbons (Fsp3) is 0.222. The molecular formula is C36H44Au2Cl2O8P2S2-4. The van der Waals surface area contributed by atoms with E-state index in [0.29, 0.717) is 0 Å². The van der Waals surface area contributed by atoms with Crippen LogP contribution in [0.3, 0.4) is 0 Å². The summed E-state index contributed by atoms with van der Waals surface area (Å²) in [5, 5.41) is 4.99. The van der Waals surface area contributed by atoms with Gasteiger partial charge < -0.3 is 0 Å². The Morgan fingerprint density at radius 3 is 0.635 bits per heavy atom. The third-order valence-electron chi connectivity index (χ3n) is 6.66. The van der Waals surface area contributed by atoms with E-state index in [9.17, 15) is 0 Å². The third kappa shape index (κ3) is 27.7. The van der Waals surface area contributed by atoms with Crippen LogP contribution in [0.4, 0.5) is 0 Å². The van der Waals surface area contributed by atoms with Crippen molar-refractivity contribution in [3.05, 3.63) is 148 Å². The summed E-state index contributed by atoms with van der Waals surface area (Å²) in [6.07, 6.45) is 5.85. The summed E-state index contributed by atoms with van der Waals surface area (Å²) < 4.78 is 67.9. The van der Waals surface area contributed by atoms with Gasteiger partial charge in [-0.2, -0.15) is 64.7 Å². The fourth-order valence-corrected chi connectivity index (χ4v) is 9.78. The summed E-state index contributed by atoms with van der Waals surface area (Å²) >= 11 is 4.15. The van der Waals surface area contributed by atoms with Crippen LogP contribution in [0.1, 0.15) is 25.7 Å². The number of halogens is 2. The molecule has 52 heavy (non-hydrogen) atoms. The molecule has 4 aromatic rings. The Balaban J connectivity index is 0. The minimum atomic E-state index is -4.94. The standard InChI is InChI=1S/2C14H14P.2C4H8S.2Au.2ClHO4/c2*1-15(2,13-9-5-3-6-10-13)14-11-7-4-8-12-14;2*1-2-4-5-3-1;;;2*2-1(3,4)5/h2*3-12H,1-2H2;2*1-4H2;;;2*(H,2,3,4,5)/q2*-1;;;;;;/p-2. The van der Waals surface area contributed by atoms with E-state index in [1.165, 1.54) is 69.9 Å². The van der Waals surface area contributed by atoms with Gasteiger partial charge in [0.15, 0.2) is 0 Å². The third-order valence-corrected chi connectivity index (χ3v) is 14.1. The van der Waals surface area contributed by atoms with E-state index in [1.54, 1.807) is 0 Å². The van der Waals surface area contributed by atoms with Gasteiger partial charge >= 0.3 is 0 Å². The summed E-state index contributed by atoms with van der Waals surface area (Å²) in [5.74, 6) is 5.67. The molecule has 2 aliphatic rings. The smallest absolute Gasteiger partial charge is 0.0408 e. The van der Waals surface area contributed by atoms with Crippen molar-refractivity contribution < 1.29 is 103 Å². The number of rotatable bonds is 4. The second-order valence-electron chi connectivity index (χ2n) is 10.7. The molecule has 298 valence electrons.